The third-order valence-electron chi connectivity index (χ3n) is 1.98. The number of benzene rings is 1. The van der Waals surface area contributed by atoms with Crippen LogP contribution in [0.1, 0.15) is 10.4 Å². The first-order chi connectivity index (χ1) is 7.68. The Balaban J connectivity index is 2.22. The Labute approximate surface area is 99.4 Å². The van der Waals surface area contributed by atoms with Gasteiger partial charge in [-0.2, -0.15) is 0 Å². The Kier molecular flexibility index (Phi) is 3.05. The van der Waals surface area contributed by atoms with E-state index in [4.69, 9.17) is 4.42 Å². The molecule has 0 saturated heterocycles. The molecule has 82 valence electrons. The SMILES string of the molecule is O=C(Nc1cccc(Br)c1F)c1ccoc1. The number of hydrogen-bond donors (Lipinski definition) is 1. The molecule has 5 heteroatoms. The molecule has 2 rings (SSSR count). The third kappa shape index (κ3) is 2.14. The van der Waals surface area contributed by atoms with Crippen molar-refractivity contribution < 1.29 is 13.6 Å². The Bertz CT molecular complexity index is 511. The molecule has 0 unspecified atom stereocenters. The molecule has 1 aromatic heterocycles. The van der Waals surface area contributed by atoms with Gasteiger partial charge in [0.05, 0.1) is 22.0 Å². The minimum atomic E-state index is -0.501. The predicted octanol–water partition coefficient (Wildman–Crippen LogP) is 3.43. The zero-order valence-electron chi connectivity index (χ0n) is 8.04. The van der Waals surface area contributed by atoms with Crippen molar-refractivity contribution >= 4 is 27.5 Å². The molecule has 0 aliphatic rings. The van der Waals surface area contributed by atoms with Gasteiger partial charge in [-0.15, -0.1) is 0 Å². The molecule has 0 aliphatic carbocycles. The fourth-order valence-electron chi connectivity index (χ4n) is 1.19. The van der Waals surface area contributed by atoms with Gasteiger partial charge >= 0.3 is 0 Å². The number of amides is 1. The molecule has 3 nitrogen and oxygen atoms in total. The van der Waals surface area contributed by atoms with Crippen LogP contribution in [0.15, 0.2) is 45.7 Å². The highest BCUT2D eigenvalue weighted by molar-refractivity contribution is 9.10. The summed E-state index contributed by atoms with van der Waals surface area (Å²) in [5.74, 6) is -0.912. The fraction of sp³-hybridized carbons (Fsp3) is 0. The second-order valence-electron chi connectivity index (χ2n) is 3.07. The number of anilines is 1. The third-order valence-corrected chi connectivity index (χ3v) is 2.60. The molecule has 2 aromatic rings. The lowest BCUT2D eigenvalue weighted by Gasteiger charge is -2.05. The Morgan fingerprint density at radius 2 is 2.19 bits per heavy atom. The number of nitrogens with one attached hydrogen (secondary N) is 1. The molecule has 0 radical (unpaired) electrons. The van der Waals surface area contributed by atoms with E-state index in [0.717, 1.165) is 0 Å². The van der Waals surface area contributed by atoms with E-state index in [1.807, 2.05) is 0 Å². The van der Waals surface area contributed by atoms with E-state index in [2.05, 4.69) is 21.2 Å². The highest BCUT2D eigenvalue weighted by Gasteiger charge is 2.11. The van der Waals surface area contributed by atoms with Crippen molar-refractivity contribution in [3.63, 3.8) is 0 Å². The summed E-state index contributed by atoms with van der Waals surface area (Å²) in [5.41, 5.74) is 0.472. The van der Waals surface area contributed by atoms with Crippen LogP contribution in [0, 0.1) is 5.82 Å². The summed E-state index contributed by atoms with van der Waals surface area (Å²) in [6, 6.07) is 6.18. The monoisotopic (exact) mass is 283 g/mol. The molecule has 0 bridgehead atoms. The fourth-order valence-corrected chi connectivity index (χ4v) is 1.55. The van der Waals surface area contributed by atoms with Gasteiger partial charge in [-0.1, -0.05) is 6.07 Å². The Morgan fingerprint density at radius 1 is 1.38 bits per heavy atom. The van der Waals surface area contributed by atoms with Gasteiger partial charge in [-0.3, -0.25) is 4.79 Å². The minimum absolute atomic E-state index is 0.126. The van der Waals surface area contributed by atoms with Crippen molar-refractivity contribution in [3.05, 3.63) is 52.6 Å². The largest absolute Gasteiger partial charge is 0.472 e. The van der Waals surface area contributed by atoms with Crippen LogP contribution in [0.2, 0.25) is 0 Å². The number of carbonyl (C=O) groups excluding carboxylic acids is 1. The van der Waals surface area contributed by atoms with Gasteiger partial charge in [-0.25, -0.2) is 4.39 Å². The van der Waals surface area contributed by atoms with Crippen LogP contribution in [0.3, 0.4) is 0 Å². The molecule has 1 heterocycles. The molecule has 0 fully saturated rings. The standard InChI is InChI=1S/C11H7BrFNO2/c12-8-2-1-3-9(10(8)13)14-11(15)7-4-5-16-6-7/h1-6H,(H,14,15). The minimum Gasteiger partial charge on any atom is -0.472 e. The van der Waals surface area contributed by atoms with Crippen LogP contribution >= 0.6 is 15.9 Å². The van der Waals surface area contributed by atoms with Gasteiger partial charge in [0.2, 0.25) is 0 Å². The number of hydrogen-bond acceptors (Lipinski definition) is 2. The van der Waals surface area contributed by atoms with E-state index < -0.39 is 11.7 Å². The predicted molar refractivity (Wildman–Crippen MR) is 60.8 cm³/mol. The second-order valence-corrected chi connectivity index (χ2v) is 3.92. The van der Waals surface area contributed by atoms with Crippen molar-refractivity contribution in [1.29, 1.82) is 0 Å². The highest BCUT2D eigenvalue weighted by Crippen LogP contribution is 2.22. The van der Waals surface area contributed by atoms with Crippen molar-refractivity contribution in [1.82, 2.24) is 0 Å². The summed E-state index contributed by atoms with van der Waals surface area (Å²) in [4.78, 5) is 11.6. The summed E-state index contributed by atoms with van der Waals surface area (Å²) >= 11 is 3.04. The smallest absolute Gasteiger partial charge is 0.258 e. The molecule has 1 amide bonds. The van der Waals surface area contributed by atoms with Crippen LogP contribution in [0.25, 0.3) is 0 Å². The van der Waals surface area contributed by atoms with E-state index in [9.17, 15) is 9.18 Å². The van der Waals surface area contributed by atoms with Crippen molar-refractivity contribution in [3.8, 4) is 0 Å². The summed E-state index contributed by atoms with van der Waals surface area (Å²) in [6.07, 6.45) is 2.68. The molecule has 0 spiro atoms. The van der Waals surface area contributed by atoms with E-state index in [1.54, 1.807) is 12.1 Å². The molecular weight excluding hydrogens is 277 g/mol. The maximum Gasteiger partial charge on any atom is 0.258 e. The summed E-state index contributed by atoms with van der Waals surface area (Å²) in [6.45, 7) is 0. The van der Waals surface area contributed by atoms with Crippen LogP contribution in [-0.4, -0.2) is 5.91 Å². The molecule has 0 saturated carbocycles. The zero-order valence-corrected chi connectivity index (χ0v) is 9.62. The maximum atomic E-state index is 13.5. The number of rotatable bonds is 2. The van der Waals surface area contributed by atoms with E-state index in [0.29, 0.717) is 10.0 Å². The first-order valence-corrected chi connectivity index (χ1v) is 5.25. The van der Waals surface area contributed by atoms with Gasteiger partial charge in [0, 0.05) is 0 Å². The van der Waals surface area contributed by atoms with E-state index in [-0.39, 0.29) is 5.69 Å². The summed E-state index contributed by atoms with van der Waals surface area (Å²) in [7, 11) is 0. The average molecular weight is 284 g/mol. The van der Waals surface area contributed by atoms with Gasteiger partial charge in [0.15, 0.2) is 5.82 Å². The van der Waals surface area contributed by atoms with Gasteiger partial charge < -0.3 is 9.73 Å². The van der Waals surface area contributed by atoms with Crippen molar-refractivity contribution in [2.75, 3.05) is 5.32 Å². The lowest BCUT2D eigenvalue weighted by molar-refractivity contribution is 0.102. The van der Waals surface area contributed by atoms with Gasteiger partial charge in [-0.05, 0) is 34.1 Å². The van der Waals surface area contributed by atoms with Crippen LogP contribution in [0.4, 0.5) is 10.1 Å². The topological polar surface area (TPSA) is 42.2 Å². The second kappa shape index (κ2) is 4.49. The first-order valence-electron chi connectivity index (χ1n) is 4.46. The highest BCUT2D eigenvalue weighted by atomic mass is 79.9. The Morgan fingerprint density at radius 3 is 2.88 bits per heavy atom. The lowest BCUT2D eigenvalue weighted by Crippen LogP contribution is -2.12. The molecule has 0 aliphatic heterocycles. The molecule has 16 heavy (non-hydrogen) atoms. The number of halogens is 2. The van der Waals surface area contributed by atoms with Crippen molar-refractivity contribution in [2.24, 2.45) is 0 Å². The van der Waals surface area contributed by atoms with Crippen molar-refractivity contribution in [2.45, 2.75) is 0 Å². The van der Waals surface area contributed by atoms with Crippen LogP contribution in [0.5, 0.6) is 0 Å². The number of furan rings is 1. The number of carbonyl (C=O) groups is 1. The van der Waals surface area contributed by atoms with Gasteiger partial charge in [0.25, 0.3) is 5.91 Å². The average Bonchev–Trinajstić information content (AvgIpc) is 2.78. The Hall–Kier alpha value is -1.62. The molecule has 1 N–H and O–H groups in total. The maximum absolute atomic E-state index is 13.5. The van der Waals surface area contributed by atoms with Crippen LogP contribution in [-0.2, 0) is 0 Å². The lowest BCUT2D eigenvalue weighted by atomic mass is 10.2. The summed E-state index contributed by atoms with van der Waals surface area (Å²) < 4.78 is 18.6. The quantitative estimate of drug-likeness (QED) is 0.918. The van der Waals surface area contributed by atoms with Crippen LogP contribution < -0.4 is 5.32 Å². The van der Waals surface area contributed by atoms with Gasteiger partial charge in [0.1, 0.15) is 6.26 Å². The first kappa shape index (κ1) is 10.9. The zero-order chi connectivity index (χ0) is 11.5. The van der Waals surface area contributed by atoms with E-state index >= 15 is 0 Å². The normalized spacial score (nSPS) is 10.1. The molecule has 1 aromatic carbocycles. The molecule has 0 atom stereocenters. The summed E-state index contributed by atoms with van der Waals surface area (Å²) in [5, 5.41) is 2.45. The molecular formula is C11H7BrFNO2. The van der Waals surface area contributed by atoms with E-state index in [1.165, 1.54) is 24.7 Å².